The van der Waals surface area contributed by atoms with Crippen molar-refractivity contribution in [2.45, 2.75) is 38.8 Å². The highest BCUT2D eigenvalue weighted by molar-refractivity contribution is 7.89. The number of hydrogen-bond donors (Lipinski definition) is 0. The van der Waals surface area contributed by atoms with E-state index >= 15 is 0 Å². The maximum absolute atomic E-state index is 13.1. The number of sulfonamides is 1. The molecule has 0 saturated carbocycles. The maximum Gasteiger partial charge on any atom is 0.215 e. The number of ether oxygens (including phenoxy) is 1. The second kappa shape index (κ2) is 7.51. The van der Waals surface area contributed by atoms with Gasteiger partial charge in [0.05, 0.1) is 24.0 Å². The Morgan fingerprint density at radius 3 is 2.38 bits per heavy atom. The van der Waals surface area contributed by atoms with Gasteiger partial charge in [-0.15, -0.1) is 0 Å². The van der Waals surface area contributed by atoms with E-state index in [1.807, 2.05) is 75.4 Å². The summed E-state index contributed by atoms with van der Waals surface area (Å²) in [5.74, 6) is 0.112. The van der Waals surface area contributed by atoms with Gasteiger partial charge in [0, 0.05) is 6.54 Å². The largest absolute Gasteiger partial charge is 0.370 e. The maximum atomic E-state index is 13.1. The van der Waals surface area contributed by atoms with Crippen LogP contribution in [0.5, 0.6) is 0 Å². The average Bonchev–Trinajstić information content (AvgIpc) is 2.61. The molecule has 1 heterocycles. The monoisotopic (exact) mass is 373 g/mol. The van der Waals surface area contributed by atoms with Gasteiger partial charge in [0.25, 0.3) is 0 Å². The van der Waals surface area contributed by atoms with Gasteiger partial charge >= 0.3 is 0 Å². The van der Waals surface area contributed by atoms with E-state index in [9.17, 15) is 8.42 Å². The highest BCUT2D eigenvalue weighted by atomic mass is 32.2. The lowest BCUT2D eigenvalue weighted by atomic mass is 10.0. The number of aryl methyl sites for hydroxylation is 2. The number of morpholine rings is 1. The van der Waals surface area contributed by atoms with Crippen LogP contribution in [0.2, 0.25) is 0 Å². The fraction of sp³-hybridized carbons (Fsp3) is 0.429. The lowest BCUT2D eigenvalue weighted by molar-refractivity contribution is -0.0654. The molecule has 4 nitrogen and oxygen atoms in total. The number of rotatable bonds is 5. The molecule has 0 amide bonds. The van der Waals surface area contributed by atoms with E-state index in [2.05, 4.69) is 0 Å². The standard InChI is InChI=1S/C21H27NO3S/c1-17-9-11-19(12-10-17)20-15-22(21(2,3)16-25-20)26(23,24)14-13-18-7-5-4-6-8-18/h4-12,20H,13-16H2,1-3H3. The van der Waals surface area contributed by atoms with Gasteiger partial charge in [-0.2, -0.15) is 4.31 Å². The highest BCUT2D eigenvalue weighted by Crippen LogP contribution is 2.32. The van der Waals surface area contributed by atoms with Crippen LogP contribution in [0.4, 0.5) is 0 Å². The van der Waals surface area contributed by atoms with E-state index in [1.165, 1.54) is 5.56 Å². The molecule has 0 radical (unpaired) electrons. The van der Waals surface area contributed by atoms with Crippen molar-refractivity contribution in [2.24, 2.45) is 0 Å². The highest BCUT2D eigenvalue weighted by Gasteiger charge is 2.42. The molecule has 1 aliphatic rings. The third-order valence-corrected chi connectivity index (χ3v) is 6.96. The van der Waals surface area contributed by atoms with Crippen molar-refractivity contribution in [2.75, 3.05) is 18.9 Å². The van der Waals surface area contributed by atoms with E-state index < -0.39 is 15.6 Å². The van der Waals surface area contributed by atoms with Gasteiger partial charge in [-0.05, 0) is 38.3 Å². The predicted octanol–water partition coefficient (Wildman–Crippen LogP) is 3.72. The Balaban J connectivity index is 1.77. The zero-order valence-electron chi connectivity index (χ0n) is 15.7. The van der Waals surface area contributed by atoms with Gasteiger partial charge in [-0.3, -0.25) is 0 Å². The zero-order valence-corrected chi connectivity index (χ0v) is 16.5. The summed E-state index contributed by atoms with van der Waals surface area (Å²) in [7, 11) is -3.38. The third kappa shape index (κ3) is 4.34. The van der Waals surface area contributed by atoms with Crippen molar-refractivity contribution in [1.82, 2.24) is 4.31 Å². The molecule has 3 rings (SSSR count). The minimum absolute atomic E-state index is 0.112. The van der Waals surface area contributed by atoms with Crippen LogP contribution < -0.4 is 0 Å². The van der Waals surface area contributed by atoms with Gasteiger partial charge in [0.2, 0.25) is 10.0 Å². The first-order chi connectivity index (χ1) is 12.3. The van der Waals surface area contributed by atoms with Crippen molar-refractivity contribution < 1.29 is 13.2 Å². The second-order valence-corrected chi connectivity index (χ2v) is 9.62. The first kappa shape index (κ1) is 19.1. The zero-order chi connectivity index (χ0) is 18.8. The molecule has 0 spiro atoms. The molecule has 2 aromatic carbocycles. The number of benzene rings is 2. The van der Waals surface area contributed by atoms with Crippen LogP contribution in [0, 0.1) is 6.92 Å². The number of nitrogens with zero attached hydrogens (tertiary/aromatic N) is 1. The van der Waals surface area contributed by atoms with E-state index in [-0.39, 0.29) is 11.9 Å². The molecule has 1 atom stereocenters. The van der Waals surface area contributed by atoms with Crippen molar-refractivity contribution >= 4 is 10.0 Å². The SMILES string of the molecule is Cc1ccc(C2CN(S(=O)(=O)CCc3ccccc3)C(C)(C)CO2)cc1. The summed E-state index contributed by atoms with van der Waals surface area (Å²) in [6.45, 7) is 6.63. The summed E-state index contributed by atoms with van der Waals surface area (Å²) in [5.41, 5.74) is 2.69. The molecule has 1 unspecified atom stereocenters. The van der Waals surface area contributed by atoms with Gasteiger partial charge in [0.15, 0.2) is 0 Å². The molecule has 1 saturated heterocycles. The van der Waals surface area contributed by atoms with Crippen molar-refractivity contribution in [3.63, 3.8) is 0 Å². The first-order valence-corrected chi connectivity index (χ1v) is 10.6. The minimum atomic E-state index is -3.38. The fourth-order valence-electron chi connectivity index (χ4n) is 3.30. The van der Waals surface area contributed by atoms with E-state index in [0.29, 0.717) is 19.6 Å². The molecule has 1 aliphatic heterocycles. The first-order valence-electron chi connectivity index (χ1n) is 9.00. The summed E-state index contributed by atoms with van der Waals surface area (Å²) in [6, 6.07) is 17.9. The third-order valence-electron chi connectivity index (χ3n) is 4.92. The summed E-state index contributed by atoms with van der Waals surface area (Å²) < 4.78 is 33.8. The predicted molar refractivity (Wildman–Crippen MR) is 105 cm³/mol. The normalized spacial score (nSPS) is 20.8. The summed E-state index contributed by atoms with van der Waals surface area (Å²) >= 11 is 0. The molecule has 0 aliphatic carbocycles. The summed E-state index contributed by atoms with van der Waals surface area (Å²) in [5, 5.41) is 0. The van der Waals surface area contributed by atoms with Crippen LogP contribution in [0.15, 0.2) is 54.6 Å². The molecular weight excluding hydrogens is 346 g/mol. The molecule has 0 N–H and O–H groups in total. The molecular formula is C21H27NO3S. The molecule has 5 heteroatoms. The second-order valence-electron chi connectivity index (χ2n) is 7.61. The van der Waals surface area contributed by atoms with Crippen molar-refractivity contribution in [1.29, 1.82) is 0 Å². The van der Waals surface area contributed by atoms with Crippen LogP contribution in [-0.4, -0.2) is 37.2 Å². The topological polar surface area (TPSA) is 46.6 Å². The Morgan fingerprint density at radius 2 is 1.73 bits per heavy atom. The smallest absolute Gasteiger partial charge is 0.215 e. The van der Waals surface area contributed by atoms with E-state index in [4.69, 9.17) is 4.74 Å². The summed E-state index contributed by atoms with van der Waals surface area (Å²) in [6.07, 6.45) is 0.293. The molecule has 26 heavy (non-hydrogen) atoms. The molecule has 1 fully saturated rings. The Kier molecular flexibility index (Phi) is 5.51. The minimum Gasteiger partial charge on any atom is -0.370 e. The molecule has 2 aromatic rings. The lowest BCUT2D eigenvalue weighted by Crippen LogP contribution is -2.56. The Hall–Kier alpha value is -1.69. The Labute approximate surface area is 156 Å². The van der Waals surface area contributed by atoms with Crippen LogP contribution in [0.1, 0.15) is 36.6 Å². The molecule has 0 bridgehead atoms. The quantitative estimate of drug-likeness (QED) is 0.802. The van der Waals surface area contributed by atoms with Crippen molar-refractivity contribution in [3.8, 4) is 0 Å². The number of hydrogen-bond acceptors (Lipinski definition) is 3. The van der Waals surface area contributed by atoms with Crippen LogP contribution >= 0.6 is 0 Å². The fourth-order valence-corrected chi connectivity index (χ4v) is 5.18. The summed E-state index contributed by atoms with van der Waals surface area (Å²) in [4.78, 5) is 0. The van der Waals surface area contributed by atoms with Crippen LogP contribution in [-0.2, 0) is 21.2 Å². The van der Waals surface area contributed by atoms with Crippen LogP contribution in [0.3, 0.4) is 0 Å². The lowest BCUT2D eigenvalue weighted by Gasteiger charge is -2.44. The Bertz CT molecular complexity index is 829. The van der Waals surface area contributed by atoms with E-state index in [1.54, 1.807) is 4.31 Å². The van der Waals surface area contributed by atoms with Gasteiger partial charge < -0.3 is 4.74 Å². The van der Waals surface area contributed by atoms with Gasteiger partial charge in [-0.1, -0.05) is 60.2 Å². The van der Waals surface area contributed by atoms with Crippen molar-refractivity contribution in [3.05, 3.63) is 71.3 Å². The Morgan fingerprint density at radius 1 is 1.08 bits per heavy atom. The van der Waals surface area contributed by atoms with Crippen LogP contribution in [0.25, 0.3) is 0 Å². The van der Waals surface area contributed by atoms with Gasteiger partial charge in [0.1, 0.15) is 0 Å². The average molecular weight is 374 g/mol. The van der Waals surface area contributed by atoms with Gasteiger partial charge in [-0.25, -0.2) is 8.42 Å². The molecule has 140 valence electrons. The molecule has 0 aromatic heterocycles. The van der Waals surface area contributed by atoms with E-state index in [0.717, 1.165) is 11.1 Å².